The van der Waals surface area contributed by atoms with E-state index < -0.39 is 0 Å². The van der Waals surface area contributed by atoms with E-state index in [0.717, 1.165) is 11.5 Å². The van der Waals surface area contributed by atoms with Crippen LogP contribution in [-0.2, 0) is 0 Å². The zero-order chi connectivity index (χ0) is 9.07. The summed E-state index contributed by atoms with van der Waals surface area (Å²) >= 11 is 0. The normalized spacial score (nSPS) is 11.8. The third kappa shape index (κ3) is 10.9. The smallest absolute Gasteiger partial charge is 0.0226 e. The minimum Gasteiger partial charge on any atom is -0.0908 e. The Balaban J connectivity index is 2.91. The van der Waals surface area contributed by atoms with Crippen LogP contribution in [0.4, 0.5) is 0 Å². The maximum atomic E-state index is 2.18. The fourth-order valence-corrected chi connectivity index (χ4v) is 5.97. The van der Waals surface area contributed by atoms with Crippen LogP contribution in [0.15, 0.2) is 24.3 Å². The molecule has 0 saturated carbocycles. The average Bonchev–Trinajstić information content (AvgIpc) is 2.10. The van der Waals surface area contributed by atoms with Crippen LogP contribution in [0.25, 0.3) is 0 Å². The lowest BCUT2D eigenvalue weighted by Crippen LogP contribution is -1.62. The van der Waals surface area contributed by atoms with Crippen molar-refractivity contribution in [2.24, 2.45) is 0 Å². The Morgan fingerprint density at radius 2 is 1.25 bits per heavy atom. The molecule has 0 saturated heterocycles. The molecule has 0 nitrogen and oxygen atoms in total. The first-order valence-corrected chi connectivity index (χ1v) is 8.87. The van der Waals surface area contributed by atoms with Gasteiger partial charge >= 0.3 is 0 Å². The van der Waals surface area contributed by atoms with Gasteiger partial charge in [-0.05, 0) is 33.5 Å². The molecule has 0 aromatic carbocycles. The van der Waals surface area contributed by atoms with Crippen molar-refractivity contribution >= 4 is 41.2 Å². The summed E-state index contributed by atoms with van der Waals surface area (Å²) in [5, 5.41) is 0. The van der Waals surface area contributed by atoms with Crippen molar-refractivity contribution < 1.29 is 0 Å². The van der Waals surface area contributed by atoms with Crippen LogP contribution in [0, 0.1) is 0 Å². The van der Waals surface area contributed by atoms with Crippen LogP contribution in [0.2, 0.25) is 0 Å². The van der Waals surface area contributed by atoms with Gasteiger partial charge in [-0.3, -0.25) is 0 Å². The average molecular weight is 238 g/mol. The molecule has 0 N–H and O–H groups in total. The van der Waals surface area contributed by atoms with E-state index in [4.69, 9.17) is 0 Å². The molecular weight excluding hydrogens is 224 g/mol. The highest BCUT2D eigenvalue weighted by molar-refractivity contribution is 9.26. The van der Waals surface area contributed by atoms with Crippen molar-refractivity contribution in [3.63, 3.8) is 0 Å². The predicted octanol–water partition coefficient (Wildman–Crippen LogP) is 4.82. The summed E-state index contributed by atoms with van der Waals surface area (Å²) in [6.07, 6.45) is 8.53. The van der Waals surface area contributed by atoms with E-state index in [1.807, 2.05) is 41.2 Å². The SMILES string of the molecule is C/C=C/CSSSSC/C=C/C. The van der Waals surface area contributed by atoms with Gasteiger partial charge in [0, 0.05) is 11.5 Å². The molecule has 0 aliphatic heterocycles. The summed E-state index contributed by atoms with van der Waals surface area (Å²) in [5.41, 5.74) is 0. The second kappa shape index (κ2) is 11.9. The van der Waals surface area contributed by atoms with Crippen LogP contribution >= 0.6 is 41.2 Å². The molecule has 0 aliphatic carbocycles. The van der Waals surface area contributed by atoms with Crippen molar-refractivity contribution in [3.8, 4) is 0 Å². The fourth-order valence-electron chi connectivity index (χ4n) is 0.366. The molecule has 0 rings (SSSR count). The summed E-state index contributed by atoms with van der Waals surface area (Å²) in [5.74, 6) is 2.22. The topological polar surface area (TPSA) is 0 Å². The lowest BCUT2D eigenvalue weighted by molar-refractivity contribution is 1.66. The summed E-state index contributed by atoms with van der Waals surface area (Å²) in [6.45, 7) is 4.11. The molecule has 12 heavy (non-hydrogen) atoms. The molecule has 4 heteroatoms. The van der Waals surface area contributed by atoms with E-state index in [9.17, 15) is 0 Å². The van der Waals surface area contributed by atoms with E-state index in [2.05, 4.69) is 38.2 Å². The van der Waals surface area contributed by atoms with E-state index in [1.54, 1.807) is 0 Å². The Kier molecular flexibility index (Phi) is 12.8. The molecular formula is C8H14S4. The molecule has 0 atom stereocenters. The Labute approximate surface area is 90.6 Å². The second-order valence-corrected chi connectivity index (χ2v) is 7.93. The molecule has 0 spiro atoms. The Morgan fingerprint density at radius 1 is 0.833 bits per heavy atom. The van der Waals surface area contributed by atoms with Crippen LogP contribution in [0.1, 0.15) is 13.8 Å². The van der Waals surface area contributed by atoms with Gasteiger partial charge in [-0.2, -0.15) is 0 Å². The highest BCUT2D eigenvalue weighted by Crippen LogP contribution is 2.42. The zero-order valence-corrected chi connectivity index (χ0v) is 10.6. The first-order valence-electron chi connectivity index (χ1n) is 3.72. The Hall–Kier alpha value is 0.880. The van der Waals surface area contributed by atoms with Gasteiger partial charge in [-0.25, -0.2) is 0 Å². The zero-order valence-electron chi connectivity index (χ0n) is 7.36. The minimum atomic E-state index is 1.11. The largest absolute Gasteiger partial charge is 0.0908 e. The number of hydrogen-bond acceptors (Lipinski definition) is 4. The monoisotopic (exact) mass is 238 g/mol. The van der Waals surface area contributed by atoms with Crippen molar-refractivity contribution in [1.82, 2.24) is 0 Å². The summed E-state index contributed by atoms with van der Waals surface area (Å²) in [7, 11) is 7.48. The molecule has 0 aliphatic rings. The van der Waals surface area contributed by atoms with Gasteiger partial charge in [0.05, 0.1) is 0 Å². The third-order valence-corrected chi connectivity index (χ3v) is 7.12. The van der Waals surface area contributed by atoms with Gasteiger partial charge in [-0.1, -0.05) is 45.9 Å². The van der Waals surface area contributed by atoms with Gasteiger partial charge in [0.25, 0.3) is 0 Å². The van der Waals surface area contributed by atoms with Gasteiger partial charge in [-0.15, -0.1) is 0 Å². The molecule has 0 aromatic rings. The van der Waals surface area contributed by atoms with Crippen molar-refractivity contribution in [3.05, 3.63) is 24.3 Å². The molecule has 70 valence electrons. The van der Waals surface area contributed by atoms with Crippen molar-refractivity contribution in [2.75, 3.05) is 11.5 Å². The number of allylic oxidation sites excluding steroid dienone is 2. The Bertz CT molecular complexity index is 115. The van der Waals surface area contributed by atoms with Crippen molar-refractivity contribution in [2.45, 2.75) is 13.8 Å². The predicted molar refractivity (Wildman–Crippen MR) is 69.7 cm³/mol. The van der Waals surface area contributed by atoms with E-state index in [-0.39, 0.29) is 0 Å². The van der Waals surface area contributed by atoms with Crippen LogP contribution in [-0.4, -0.2) is 11.5 Å². The van der Waals surface area contributed by atoms with Crippen molar-refractivity contribution in [1.29, 1.82) is 0 Å². The van der Waals surface area contributed by atoms with E-state index >= 15 is 0 Å². The van der Waals surface area contributed by atoms with E-state index in [0.29, 0.717) is 0 Å². The van der Waals surface area contributed by atoms with Crippen LogP contribution in [0.3, 0.4) is 0 Å². The highest BCUT2D eigenvalue weighted by Gasteiger charge is 1.88. The van der Waals surface area contributed by atoms with E-state index in [1.165, 1.54) is 0 Å². The Morgan fingerprint density at radius 3 is 1.58 bits per heavy atom. The second-order valence-electron chi connectivity index (χ2n) is 1.84. The van der Waals surface area contributed by atoms with Crippen LogP contribution < -0.4 is 0 Å². The van der Waals surface area contributed by atoms with Crippen LogP contribution in [0.5, 0.6) is 0 Å². The lowest BCUT2D eigenvalue weighted by Gasteiger charge is -1.94. The minimum absolute atomic E-state index is 1.11. The van der Waals surface area contributed by atoms with Gasteiger partial charge in [0.2, 0.25) is 0 Å². The van der Waals surface area contributed by atoms with Gasteiger partial charge in [0.1, 0.15) is 0 Å². The van der Waals surface area contributed by atoms with Gasteiger partial charge < -0.3 is 0 Å². The lowest BCUT2D eigenvalue weighted by atomic mass is 10.6. The molecule has 0 aromatic heterocycles. The first-order chi connectivity index (χ1) is 5.91. The maximum absolute atomic E-state index is 2.18. The molecule has 0 unspecified atom stereocenters. The molecule has 0 heterocycles. The highest BCUT2D eigenvalue weighted by atomic mass is 33.7. The third-order valence-electron chi connectivity index (χ3n) is 0.924. The summed E-state index contributed by atoms with van der Waals surface area (Å²) < 4.78 is 0. The first kappa shape index (κ1) is 12.9. The maximum Gasteiger partial charge on any atom is 0.0226 e. The molecule has 0 bridgehead atoms. The standard InChI is InChI=1S/C8H14S4/c1-3-5-7-9-11-12-10-8-6-4-2/h3-6H,7-8H2,1-2H3/b5-3+,6-4+. The number of hydrogen-bond donors (Lipinski definition) is 0. The summed E-state index contributed by atoms with van der Waals surface area (Å²) in [6, 6.07) is 0. The molecule has 0 fully saturated rings. The molecule has 0 amide bonds. The molecule has 0 radical (unpaired) electrons. The quantitative estimate of drug-likeness (QED) is 0.354. The fraction of sp³-hybridized carbons (Fsp3) is 0.500. The number of rotatable bonds is 7. The van der Waals surface area contributed by atoms with Gasteiger partial charge in [0.15, 0.2) is 0 Å². The summed E-state index contributed by atoms with van der Waals surface area (Å²) in [4.78, 5) is 0.